The number of fused-ring (bicyclic) bond motifs is 1. The summed E-state index contributed by atoms with van der Waals surface area (Å²) in [6.07, 6.45) is 2.17. The Kier molecular flexibility index (Phi) is 5.22. The summed E-state index contributed by atoms with van der Waals surface area (Å²) in [5.41, 5.74) is 8.54. The van der Waals surface area contributed by atoms with Gasteiger partial charge < -0.3 is 19.7 Å². The molecule has 30 heavy (non-hydrogen) atoms. The van der Waals surface area contributed by atoms with Crippen LogP contribution in [0.2, 0.25) is 0 Å². The predicted molar refractivity (Wildman–Crippen MR) is 113 cm³/mol. The van der Waals surface area contributed by atoms with Gasteiger partial charge in [-0.2, -0.15) is 4.98 Å². The van der Waals surface area contributed by atoms with Crippen LogP contribution in [0.1, 0.15) is 24.4 Å². The molecule has 0 radical (unpaired) electrons. The zero-order valence-electron chi connectivity index (χ0n) is 16.7. The first-order valence-corrected chi connectivity index (χ1v) is 10.9. The monoisotopic (exact) mass is 425 g/mol. The molecule has 9 heteroatoms. The third-order valence-electron chi connectivity index (χ3n) is 5.23. The summed E-state index contributed by atoms with van der Waals surface area (Å²) in [4.78, 5) is 11.5. The van der Waals surface area contributed by atoms with Crippen LogP contribution in [0, 0.1) is 6.92 Å². The minimum Gasteiger partial charge on any atom is -0.454 e. The van der Waals surface area contributed by atoms with E-state index >= 15 is 0 Å². The lowest BCUT2D eigenvalue weighted by atomic mass is 10.1. The number of nitrogens with two attached hydrogens (primary N) is 1. The van der Waals surface area contributed by atoms with E-state index in [1.807, 2.05) is 49.0 Å². The molecule has 3 aromatic rings. The number of nitrogens with zero attached hydrogens (tertiary/aromatic N) is 4. The van der Waals surface area contributed by atoms with Crippen molar-refractivity contribution in [3.05, 3.63) is 41.9 Å². The minimum absolute atomic E-state index is 0.248. The van der Waals surface area contributed by atoms with Crippen molar-refractivity contribution in [2.45, 2.75) is 36.6 Å². The number of piperidine rings is 1. The van der Waals surface area contributed by atoms with Gasteiger partial charge in [-0.05, 0) is 63.2 Å². The van der Waals surface area contributed by atoms with Gasteiger partial charge in [-0.15, -0.1) is 11.8 Å². The molecular weight excluding hydrogens is 402 g/mol. The van der Waals surface area contributed by atoms with Gasteiger partial charge in [-0.1, -0.05) is 5.16 Å². The van der Waals surface area contributed by atoms with Crippen molar-refractivity contribution in [3.63, 3.8) is 0 Å². The zero-order valence-corrected chi connectivity index (χ0v) is 17.5. The average molecular weight is 426 g/mol. The number of rotatable bonds is 5. The van der Waals surface area contributed by atoms with E-state index in [1.54, 1.807) is 0 Å². The number of benzene rings is 1. The van der Waals surface area contributed by atoms with Crippen molar-refractivity contribution >= 4 is 17.4 Å². The summed E-state index contributed by atoms with van der Waals surface area (Å²) in [6, 6.07) is 9.52. The Bertz CT molecular complexity index is 1030. The van der Waals surface area contributed by atoms with Gasteiger partial charge in [0.15, 0.2) is 11.5 Å². The first-order valence-electron chi connectivity index (χ1n) is 9.98. The Labute approximate surface area is 178 Å². The largest absolute Gasteiger partial charge is 0.454 e. The molecule has 2 aliphatic heterocycles. The molecule has 4 heterocycles. The summed E-state index contributed by atoms with van der Waals surface area (Å²) in [7, 11) is 0. The zero-order chi connectivity index (χ0) is 20.5. The molecule has 8 nitrogen and oxygen atoms in total. The fourth-order valence-electron chi connectivity index (χ4n) is 3.74. The predicted octanol–water partition coefficient (Wildman–Crippen LogP) is 3.51. The number of thioether (sulfide) groups is 1. The smallest absolute Gasteiger partial charge is 0.241 e. The highest BCUT2D eigenvalue weighted by molar-refractivity contribution is 7.99. The van der Waals surface area contributed by atoms with Crippen LogP contribution in [0.4, 0.5) is 5.69 Å². The maximum atomic E-state index is 5.95. The van der Waals surface area contributed by atoms with Crippen molar-refractivity contribution in [2.75, 3.05) is 25.6 Å². The van der Waals surface area contributed by atoms with E-state index in [4.69, 9.17) is 19.7 Å². The number of aryl methyl sites for hydroxylation is 1. The molecule has 0 bridgehead atoms. The van der Waals surface area contributed by atoms with Gasteiger partial charge in [0.25, 0.3) is 0 Å². The van der Waals surface area contributed by atoms with Crippen molar-refractivity contribution in [1.82, 2.24) is 20.0 Å². The van der Waals surface area contributed by atoms with Crippen LogP contribution in [0.3, 0.4) is 0 Å². The number of nitrogen functional groups attached to an aromatic ring is 1. The topological polar surface area (TPSA) is 99.5 Å². The molecule has 156 valence electrons. The molecule has 5 rings (SSSR count). The maximum absolute atomic E-state index is 5.95. The first kappa shape index (κ1) is 19.2. The number of likely N-dealkylation sites (tertiary alicyclic amines) is 1. The van der Waals surface area contributed by atoms with Crippen LogP contribution in [-0.4, -0.2) is 45.2 Å². The first-order chi connectivity index (χ1) is 14.6. The summed E-state index contributed by atoms with van der Waals surface area (Å²) in [6.45, 7) is 4.86. The van der Waals surface area contributed by atoms with E-state index in [0.29, 0.717) is 29.3 Å². The van der Waals surface area contributed by atoms with Crippen LogP contribution < -0.4 is 15.2 Å². The van der Waals surface area contributed by atoms with E-state index in [9.17, 15) is 0 Å². The normalized spacial score (nSPS) is 16.8. The van der Waals surface area contributed by atoms with Gasteiger partial charge >= 0.3 is 0 Å². The highest BCUT2D eigenvalue weighted by Gasteiger charge is 2.23. The Morgan fingerprint density at radius 2 is 1.93 bits per heavy atom. The van der Waals surface area contributed by atoms with Crippen LogP contribution in [-0.2, 0) is 6.54 Å². The molecule has 0 amide bonds. The Hall–Kier alpha value is -2.78. The molecule has 2 aromatic heterocycles. The summed E-state index contributed by atoms with van der Waals surface area (Å²) in [5, 5.41) is 5.69. The average Bonchev–Trinajstić information content (AvgIpc) is 3.37. The number of anilines is 1. The maximum Gasteiger partial charge on any atom is 0.241 e. The van der Waals surface area contributed by atoms with Crippen LogP contribution in [0.5, 0.6) is 11.5 Å². The van der Waals surface area contributed by atoms with Gasteiger partial charge in [0, 0.05) is 22.2 Å². The molecule has 1 saturated heterocycles. The quantitative estimate of drug-likeness (QED) is 0.658. The molecule has 0 atom stereocenters. The lowest BCUT2D eigenvalue weighted by Crippen LogP contribution is -2.34. The molecule has 1 fully saturated rings. The minimum atomic E-state index is 0.248. The lowest BCUT2D eigenvalue weighted by molar-refractivity contribution is 0.174. The Morgan fingerprint density at radius 1 is 1.10 bits per heavy atom. The summed E-state index contributed by atoms with van der Waals surface area (Å²) >= 11 is 1.82. The standard InChI is InChI=1S/C21H23N5O3S/c1-13-8-15(22)10-20(23-13)30-16-4-6-26(7-5-16)11-19-24-21(25-29-19)14-2-3-17-18(9-14)28-12-27-17/h2-3,8-10,16H,4-7,11-12H2,1H3,(H2,22,23). The van der Waals surface area contributed by atoms with Crippen molar-refractivity contribution < 1.29 is 14.0 Å². The molecule has 0 aliphatic carbocycles. The van der Waals surface area contributed by atoms with E-state index in [0.717, 1.165) is 53.7 Å². The fraction of sp³-hybridized carbons (Fsp3) is 0.381. The summed E-state index contributed by atoms with van der Waals surface area (Å²) in [5.74, 6) is 2.65. The second kappa shape index (κ2) is 8.16. The molecule has 2 aliphatic rings. The van der Waals surface area contributed by atoms with Crippen LogP contribution in [0.15, 0.2) is 39.9 Å². The molecule has 2 N–H and O–H groups in total. The lowest BCUT2D eigenvalue weighted by Gasteiger charge is -2.30. The van der Waals surface area contributed by atoms with Crippen molar-refractivity contribution in [2.24, 2.45) is 0 Å². The van der Waals surface area contributed by atoms with Crippen molar-refractivity contribution in [1.29, 1.82) is 0 Å². The second-order valence-corrected chi connectivity index (χ2v) is 8.87. The summed E-state index contributed by atoms with van der Waals surface area (Å²) < 4.78 is 16.3. The SMILES string of the molecule is Cc1cc(N)cc(SC2CCN(Cc3nc(-c4ccc5c(c4)OCO5)no3)CC2)n1. The van der Waals surface area contributed by atoms with E-state index in [2.05, 4.69) is 20.0 Å². The van der Waals surface area contributed by atoms with Crippen molar-refractivity contribution in [3.8, 4) is 22.9 Å². The number of hydrogen-bond donors (Lipinski definition) is 1. The van der Waals surface area contributed by atoms with E-state index < -0.39 is 0 Å². The highest BCUT2D eigenvalue weighted by Crippen LogP contribution is 2.35. The number of aromatic nitrogens is 3. The van der Waals surface area contributed by atoms with E-state index in [-0.39, 0.29) is 6.79 Å². The van der Waals surface area contributed by atoms with E-state index in [1.165, 1.54) is 0 Å². The fourth-order valence-corrected chi connectivity index (χ4v) is 4.93. The number of pyridine rings is 1. The van der Waals surface area contributed by atoms with Gasteiger partial charge in [0.2, 0.25) is 18.5 Å². The van der Waals surface area contributed by atoms with Gasteiger partial charge in [-0.25, -0.2) is 4.98 Å². The highest BCUT2D eigenvalue weighted by atomic mass is 32.2. The van der Waals surface area contributed by atoms with Gasteiger partial charge in [0.05, 0.1) is 11.6 Å². The van der Waals surface area contributed by atoms with Crippen LogP contribution in [0.25, 0.3) is 11.4 Å². The molecule has 0 unspecified atom stereocenters. The number of hydrogen-bond acceptors (Lipinski definition) is 9. The molecular formula is C21H23N5O3S. The van der Waals surface area contributed by atoms with Gasteiger partial charge in [0.1, 0.15) is 0 Å². The molecule has 0 saturated carbocycles. The Balaban J connectivity index is 1.16. The second-order valence-electron chi connectivity index (χ2n) is 7.55. The molecule has 0 spiro atoms. The Morgan fingerprint density at radius 3 is 2.77 bits per heavy atom. The molecule has 1 aromatic carbocycles. The van der Waals surface area contributed by atoms with Gasteiger partial charge in [-0.3, -0.25) is 4.90 Å². The third kappa shape index (κ3) is 4.22. The third-order valence-corrected chi connectivity index (χ3v) is 6.49. The number of ether oxygens (including phenoxy) is 2. The van der Waals surface area contributed by atoms with Crippen LogP contribution >= 0.6 is 11.8 Å².